The normalized spacial score (nSPS) is 22.8. The van der Waals surface area contributed by atoms with Crippen molar-refractivity contribution >= 4 is 17.3 Å². The number of hydrogen-bond donors (Lipinski definition) is 1. The summed E-state index contributed by atoms with van der Waals surface area (Å²) in [6.45, 7) is 5.57. The van der Waals surface area contributed by atoms with Gasteiger partial charge in [0.2, 0.25) is 0 Å². The fourth-order valence-electron chi connectivity index (χ4n) is 2.13. The first kappa shape index (κ1) is 12.7. The third kappa shape index (κ3) is 3.90. The largest absolute Gasteiger partial charge is 0.383 e. The summed E-state index contributed by atoms with van der Waals surface area (Å²) >= 11 is 6.08. The predicted molar refractivity (Wildman–Crippen MR) is 74.7 cm³/mol. The predicted octanol–water partition coefficient (Wildman–Crippen LogP) is 3.34. The first-order valence-electron chi connectivity index (χ1n) is 6.33. The standard InChI is InChI=1S/C14H21ClN2/c1-11-9-12(11)10-17(2)8-7-16-14-6-4-3-5-13(14)15/h3-6,11-12,16H,7-10H2,1-2H3. The average molecular weight is 253 g/mol. The molecule has 3 heteroatoms. The summed E-state index contributed by atoms with van der Waals surface area (Å²) in [5.41, 5.74) is 1.03. The van der Waals surface area contributed by atoms with Crippen LogP contribution in [0.25, 0.3) is 0 Å². The molecule has 0 aliphatic heterocycles. The Kier molecular flexibility index (Phi) is 4.30. The summed E-state index contributed by atoms with van der Waals surface area (Å²) in [4.78, 5) is 2.40. The van der Waals surface area contributed by atoms with Gasteiger partial charge >= 0.3 is 0 Å². The van der Waals surface area contributed by atoms with E-state index in [9.17, 15) is 0 Å². The SMILES string of the molecule is CC1CC1CN(C)CCNc1ccccc1Cl. The van der Waals surface area contributed by atoms with E-state index in [1.807, 2.05) is 24.3 Å². The van der Waals surface area contributed by atoms with Gasteiger partial charge in [0.1, 0.15) is 0 Å². The number of para-hydroxylation sites is 1. The van der Waals surface area contributed by atoms with E-state index in [4.69, 9.17) is 11.6 Å². The van der Waals surface area contributed by atoms with Gasteiger partial charge in [-0.15, -0.1) is 0 Å². The van der Waals surface area contributed by atoms with E-state index in [1.165, 1.54) is 13.0 Å². The zero-order valence-corrected chi connectivity index (χ0v) is 11.4. The number of anilines is 1. The molecule has 1 aromatic rings. The van der Waals surface area contributed by atoms with Crippen molar-refractivity contribution in [3.63, 3.8) is 0 Å². The summed E-state index contributed by atoms with van der Waals surface area (Å²) < 4.78 is 0. The highest BCUT2D eigenvalue weighted by Crippen LogP contribution is 2.37. The van der Waals surface area contributed by atoms with Crippen LogP contribution in [0.2, 0.25) is 5.02 Å². The Balaban J connectivity index is 1.67. The fraction of sp³-hybridized carbons (Fsp3) is 0.571. The Morgan fingerprint density at radius 3 is 2.76 bits per heavy atom. The minimum Gasteiger partial charge on any atom is -0.383 e. The Labute approximate surface area is 109 Å². The Bertz CT molecular complexity index is 367. The first-order chi connectivity index (χ1) is 8.16. The number of nitrogens with one attached hydrogen (secondary N) is 1. The molecule has 0 radical (unpaired) electrons. The molecule has 0 heterocycles. The molecule has 2 rings (SSSR count). The molecule has 0 saturated heterocycles. The van der Waals surface area contributed by atoms with Crippen molar-refractivity contribution < 1.29 is 0 Å². The van der Waals surface area contributed by atoms with Crippen LogP contribution in [0.4, 0.5) is 5.69 Å². The third-order valence-electron chi connectivity index (χ3n) is 3.51. The topological polar surface area (TPSA) is 15.3 Å². The first-order valence-corrected chi connectivity index (χ1v) is 6.71. The van der Waals surface area contributed by atoms with Gasteiger partial charge in [-0.25, -0.2) is 0 Å². The molecule has 94 valence electrons. The second-order valence-electron chi connectivity index (χ2n) is 5.14. The average Bonchev–Trinajstić information content (AvgIpc) is 2.97. The maximum Gasteiger partial charge on any atom is 0.0637 e. The zero-order chi connectivity index (χ0) is 12.3. The van der Waals surface area contributed by atoms with E-state index in [0.717, 1.165) is 35.6 Å². The molecule has 1 saturated carbocycles. The highest BCUT2D eigenvalue weighted by atomic mass is 35.5. The van der Waals surface area contributed by atoms with Crippen molar-refractivity contribution in [2.75, 3.05) is 32.0 Å². The van der Waals surface area contributed by atoms with E-state index in [-0.39, 0.29) is 0 Å². The van der Waals surface area contributed by atoms with E-state index >= 15 is 0 Å². The lowest BCUT2D eigenvalue weighted by Gasteiger charge is -2.17. The van der Waals surface area contributed by atoms with Crippen LogP contribution in [0, 0.1) is 11.8 Å². The lowest BCUT2D eigenvalue weighted by Crippen LogP contribution is -2.27. The van der Waals surface area contributed by atoms with Crippen LogP contribution in [0.5, 0.6) is 0 Å². The lowest BCUT2D eigenvalue weighted by molar-refractivity contribution is 0.326. The van der Waals surface area contributed by atoms with Gasteiger partial charge in [-0.05, 0) is 37.4 Å². The van der Waals surface area contributed by atoms with E-state index < -0.39 is 0 Å². The molecule has 2 atom stereocenters. The van der Waals surface area contributed by atoms with Crippen LogP contribution in [-0.2, 0) is 0 Å². The van der Waals surface area contributed by atoms with Gasteiger partial charge in [0, 0.05) is 19.6 Å². The minimum absolute atomic E-state index is 0.797. The van der Waals surface area contributed by atoms with Crippen LogP contribution >= 0.6 is 11.6 Å². The van der Waals surface area contributed by atoms with Gasteiger partial charge in [0.15, 0.2) is 0 Å². The number of likely N-dealkylation sites (N-methyl/N-ethyl adjacent to an activating group) is 1. The number of hydrogen-bond acceptors (Lipinski definition) is 2. The van der Waals surface area contributed by atoms with Crippen LogP contribution in [0.15, 0.2) is 24.3 Å². The highest BCUT2D eigenvalue weighted by Gasteiger charge is 2.32. The lowest BCUT2D eigenvalue weighted by atomic mass is 10.3. The minimum atomic E-state index is 0.797. The van der Waals surface area contributed by atoms with Gasteiger partial charge in [0.05, 0.1) is 10.7 Å². The van der Waals surface area contributed by atoms with Crippen LogP contribution in [0.1, 0.15) is 13.3 Å². The van der Waals surface area contributed by atoms with Crippen molar-refractivity contribution in [1.82, 2.24) is 4.90 Å². The quantitative estimate of drug-likeness (QED) is 0.836. The van der Waals surface area contributed by atoms with Crippen molar-refractivity contribution in [1.29, 1.82) is 0 Å². The highest BCUT2D eigenvalue weighted by molar-refractivity contribution is 6.33. The summed E-state index contributed by atoms with van der Waals surface area (Å²) in [5.74, 6) is 1.87. The molecule has 1 aliphatic rings. The molecule has 0 aromatic heterocycles. The molecule has 0 amide bonds. The smallest absolute Gasteiger partial charge is 0.0637 e. The van der Waals surface area contributed by atoms with Crippen molar-refractivity contribution in [2.24, 2.45) is 11.8 Å². The van der Waals surface area contributed by atoms with Gasteiger partial charge in [-0.1, -0.05) is 30.7 Å². The molecular formula is C14H21ClN2. The second-order valence-corrected chi connectivity index (χ2v) is 5.55. The van der Waals surface area contributed by atoms with Gasteiger partial charge in [-0.2, -0.15) is 0 Å². The molecule has 1 N–H and O–H groups in total. The number of halogens is 1. The third-order valence-corrected chi connectivity index (χ3v) is 3.83. The molecule has 0 bridgehead atoms. The molecular weight excluding hydrogens is 232 g/mol. The molecule has 2 unspecified atom stereocenters. The summed E-state index contributed by atoms with van der Waals surface area (Å²) in [5, 5.41) is 4.17. The van der Waals surface area contributed by atoms with Gasteiger partial charge in [0.25, 0.3) is 0 Å². The van der Waals surface area contributed by atoms with Crippen molar-refractivity contribution in [2.45, 2.75) is 13.3 Å². The fourth-order valence-corrected chi connectivity index (χ4v) is 2.33. The van der Waals surface area contributed by atoms with Crippen LogP contribution in [-0.4, -0.2) is 31.6 Å². The molecule has 2 nitrogen and oxygen atoms in total. The Morgan fingerprint density at radius 1 is 1.41 bits per heavy atom. The number of rotatable bonds is 6. The Morgan fingerprint density at radius 2 is 2.12 bits per heavy atom. The molecule has 1 fully saturated rings. The molecule has 1 aromatic carbocycles. The van der Waals surface area contributed by atoms with Crippen molar-refractivity contribution in [3.8, 4) is 0 Å². The molecule has 0 spiro atoms. The summed E-state index contributed by atoms with van der Waals surface area (Å²) in [6.07, 6.45) is 1.41. The second kappa shape index (κ2) is 5.74. The maximum atomic E-state index is 6.08. The van der Waals surface area contributed by atoms with Gasteiger partial charge < -0.3 is 10.2 Å². The zero-order valence-electron chi connectivity index (χ0n) is 10.6. The molecule has 17 heavy (non-hydrogen) atoms. The van der Waals surface area contributed by atoms with Crippen molar-refractivity contribution in [3.05, 3.63) is 29.3 Å². The number of benzene rings is 1. The number of nitrogens with zero attached hydrogens (tertiary/aromatic N) is 1. The Hall–Kier alpha value is -0.730. The summed E-state index contributed by atoms with van der Waals surface area (Å²) in [7, 11) is 2.19. The van der Waals surface area contributed by atoms with Gasteiger partial charge in [-0.3, -0.25) is 0 Å². The maximum absolute atomic E-state index is 6.08. The van der Waals surface area contributed by atoms with Crippen LogP contribution < -0.4 is 5.32 Å². The monoisotopic (exact) mass is 252 g/mol. The van der Waals surface area contributed by atoms with E-state index in [2.05, 4.69) is 24.2 Å². The van der Waals surface area contributed by atoms with Crippen LogP contribution in [0.3, 0.4) is 0 Å². The summed E-state index contributed by atoms with van der Waals surface area (Å²) in [6, 6.07) is 7.89. The molecule has 1 aliphatic carbocycles. The van der Waals surface area contributed by atoms with E-state index in [0.29, 0.717) is 0 Å². The van der Waals surface area contributed by atoms with E-state index in [1.54, 1.807) is 0 Å².